The van der Waals surface area contributed by atoms with Crippen LogP contribution in [0.2, 0.25) is 0 Å². The Bertz CT molecular complexity index is 1600. The smallest absolute Gasteiger partial charge is 0.387 e. The van der Waals surface area contributed by atoms with Crippen LogP contribution in [0.25, 0.3) is 11.2 Å². The zero-order chi connectivity index (χ0) is 26.0. The normalized spacial score (nSPS) is 16.4. The SMILES string of the molecule is NC=C(C=NS(=O)(=O)c1ccccc1)c1ccc2nc3c(n2c1)C(c1ccccc1OC(F)F)OCC3. The van der Waals surface area contributed by atoms with Crippen molar-refractivity contribution in [3.63, 3.8) is 0 Å². The Labute approximate surface area is 211 Å². The lowest BCUT2D eigenvalue weighted by atomic mass is 10.0. The first-order valence-electron chi connectivity index (χ1n) is 11.3. The maximum absolute atomic E-state index is 13.0. The predicted molar refractivity (Wildman–Crippen MR) is 134 cm³/mol. The van der Waals surface area contributed by atoms with Gasteiger partial charge in [-0.25, -0.2) is 4.98 Å². The maximum Gasteiger partial charge on any atom is 0.387 e. The highest BCUT2D eigenvalue weighted by atomic mass is 32.2. The molecule has 0 fully saturated rings. The Hall–Kier alpha value is -4.09. The van der Waals surface area contributed by atoms with Gasteiger partial charge in [-0.2, -0.15) is 21.6 Å². The van der Waals surface area contributed by atoms with Crippen LogP contribution in [0.4, 0.5) is 8.78 Å². The van der Waals surface area contributed by atoms with Gasteiger partial charge in [-0.05, 0) is 30.3 Å². The van der Waals surface area contributed by atoms with Crippen LogP contribution in [-0.2, 0) is 21.2 Å². The van der Waals surface area contributed by atoms with Crippen molar-refractivity contribution in [1.82, 2.24) is 9.38 Å². The number of para-hydroxylation sites is 1. The first-order valence-corrected chi connectivity index (χ1v) is 12.8. The number of imidazole rings is 1. The summed E-state index contributed by atoms with van der Waals surface area (Å²) < 4.78 is 67.6. The van der Waals surface area contributed by atoms with E-state index in [-0.39, 0.29) is 10.6 Å². The number of pyridine rings is 1. The molecule has 1 aliphatic heterocycles. The molecular weight excluding hydrogens is 502 g/mol. The van der Waals surface area contributed by atoms with Gasteiger partial charge in [0.2, 0.25) is 0 Å². The van der Waals surface area contributed by atoms with E-state index in [2.05, 4.69) is 9.38 Å². The fraction of sp³-hybridized carbons (Fsp3) is 0.154. The molecule has 2 aromatic carbocycles. The highest BCUT2D eigenvalue weighted by molar-refractivity contribution is 7.90. The Morgan fingerprint density at radius 3 is 2.65 bits per heavy atom. The monoisotopic (exact) mass is 524 g/mol. The van der Waals surface area contributed by atoms with Crippen LogP contribution in [0.3, 0.4) is 0 Å². The molecule has 8 nitrogen and oxygen atoms in total. The van der Waals surface area contributed by atoms with Gasteiger partial charge in [0.05, 0.1) is 22.9 Å². The molecule has 0 saturated heterocycles. The number of fused-ring (bicyclic) bond motifs is 3. The van der Waals surface area contributed by atoms with E-state index >= 15 is 0 Å². The number of hydrogen-bond donors (Lipinski definition) is 1. The van der Waals surface area contributed by atoms with E-state index < -0.39 is 22.7 Å². The van der Waals surface area contributed by atoms with Gasteiger partial charge in [0.1, 0.15) is 17.5 Å². The molecule has 2 N–H and O–H groups in total. The zero-order valence-electron chi connectivity index (χ0n) is 19.4. The molecule has 0 radical (unpaired) electrons. The Morgan fingerprint density at radius 1 is 1.14 bits per heavy atom. The third-order valence-corrected chi connectivity index (χ3v) is 7.16. The average molecular weight is 525 g/mol. The molecule has 2 aromatic heterocycles. The van der Waals surface area contributed by atoms with Gasteiger partial charge in [-0.15, -0.1) is 0 Å². The van der Waals surface area contributed by atoms with Crippen LogP contribution in [0.5, 0.6) is 5.75 Å². The van der Waals surface area contributed by atoms with Crippen molar-refractivity contribution in [3.05, 3.63) is 102 Å². The van der Waals surface area contributed by atoms with Crippen molar-refractivity contribution >= 4 is 27.5 Å². The quantitative estimate of drug-likeness (QED) is 0.360. The molecule has 0 amide bonds. The number of ether oxygens (including phenoxy) is 2. The van der Waals surface area contributed by atoms with Gasteiger partial charge in [0.15, 0.2) is 0 Å². The Balaban J connectivity index is 1.55. The third kappa shape index (κ3) is 4.95. The van der Waals surface area contributed by atoms with Crippen molar-refractivity contribution in [3.8, 4) is 5.75 Å². The second-order valence-electron chi connectivity index (χ2n) is 8.15. The van der Waals surface area contributed by atoms with Crippen molar-refractivity contribution in [2.45, 2.75) is 24.0 Å². The highest BCUT2D eigenvalue weighted by Crippen LogP contribution is 2.38. The number of benzene rings is 2. The number of rotatable bonds is 7. The topological polar surface area (TPSA) is 108 Å². The molecule has 5 rings (SSSR count). The van der Waals surface area contributed by atoms with Crippen molar-refractivity contribution in [1.29, 1.82) is 0 Å². The lowest BCUT2D eigenvalue weighted by Gasteiger charge is -2.25. The summed E-state index contributed by atoms with van der Waals surface area (Å²) in [5.74, 6) is 0.0160. The van der Waals surface area contributed by atoms with Crippen LogP contribution in [-0.4, -0.2) is 37.2 Å². The summed E-state index contributed by atoms with van der Waals surface area (Å²) >= 11 is 0. The fourth-order valence-corrected chi connectivity index (χ4v) is 5.10. The molecule has 1 unspecified atom stereocenters. The molecule has 0 saturated carbocycles. The second-order valence-corrected chi connectivity index (χ2v) is 9.78. The number of nitrogens with two attached hydrogens (primary N) is 1. The Morgan fingerprint density at radius 2 is 1.89 bits per heavy atom. The minimum atomic E-state index is -3.92. The first kappa shape index (κ1) is 24.6. The van der Waals surface area contributed by atoms with Crippen LogP contribution < -0.4 is 10.5 Å². The fourth-order valence-electron chi connectivity index (χ4n) is 4.23. The average Bonchev–Trinajstić information content (AvgIpc) is 3.28. The van der Waals surface area contributed by atoms with E-state index in [1.54, 1.807) is 59.1 Å². The molecule has 0 spiro atoms. The molecule has 190 valence electrons. The lowest BCUT2D eigenvalue weighted by molar-refractivity contribution is -0.0522. The van der Waals surface area contributed by atoms with Gasteiger partial charge in [0, 0.05) is 41.7 Å². The van der Waals surface area contributed by atoms with Gasteiger partial charge in [0.25, 0.3) is 10.0 Å². The number of halogens is 2. The van der Waals surface area contributed by atoms with Crippen molar-refractivity contribution in [2.24, 2.45) is 10.1 Å². The van der Waals surface area contributed by atoms with E-state index in [4.69, 9.17) is 15.2 Å². The standard InChI is InChI=1S/C26H22F2N4O4S/c27-26(28)36-22-9-5-4-8-20(22)25-24-21(12-13-35-25)31-23-11-10-17(16-32(23)24)18(14-29)15-30-37(33,34)19-6-2-1-3-7-19/h1-11,14-16,25-26H,12-13,29H2. The summed E-state index contributed by atoms with van der Waals surface area (Å²) in [6.07, 6.45) is 4.01. The molecule has 37 heavy (non-hydrogen) atoms. The summed E-state index contributed by atoms with van der Waals surface area (Å²) in [4.78, 5) is 4.75. The van der Waals surface area contributed by atoms with E-state index in [0.29, 0.717) is 41.1 Å². The van der Waals surface area contributed by atoms with Crippen molar-refractivity contribution < 1.29 is 26.7 Å². The van der Waals surface area contributed by atoms with Crippen LogP contribution in [0, 0.1) is 0 Å². The number of allylic oxidation sites excluding steroid dienone is 1. The van der Waals surface area contributed by atoms with Crippen molar-refractivity contribution in [2.75, 3.05) is 6.61 Å². The number of alkyl halides is 2. The van der Waals surface area contributed by atoms with Crippen LogP contribution in [0.15, 0.2) is 88.4 Å². The van der Waals surface area contributed by atoms with E-state index in [1.807, 2.05) is 0 Å². The van der Waals surface area contributed by atoms with E-state index in [1.165, 1.54) is 30.6 Å². The number of nitrogens with zero attached hydrogens (tertiary/aromatic N) is 3. The summed E-state index contributed by atoms with van der Waals surface area (Å²) in [7, 11) is -3.92. The summed E-state index contributed by atoms with van der Waals surface area (Å²) in [5.41, 5.74) is 9.25. The minimum Gasteiger partial charge on any atom is -0.434 e. The number of aromatic nitrogens is 2. The summed E-state index contributed by atoms with van der Waals surface area (Å²) in [6.45, 7) is -2.63. The maximum atomic E-state index is 13.0. The van der Waals surface area contributed by atoms with Gasteiger partial charge >= 0.3 is 6.61 Å². The molecule has 3 heterocycles. The molecule has 1 aliphatic rings. The summed E-state index contributed by atoms with van der Waals surface area (Å²) in [6, 6.07) is 17.8. The van der Waals surface area contributed by atoms with E-state index in [0.717, 1.165) is 5.69 Å². The Kier molecular flexibility index (Phi) is 6.72. The van der Waals surface area contributed by atoms with Gasteiger partial charge in [-0.3, -0.25) is 0 Å². The minimum absolute atomic E-state index is 0.0160. The largest absolute Gasteiger partial charge is 0.434 e. The highest BCUT2D eigenvalue weighted by Gasteiger charge is 2.30. The van der Waals surface area contributed by atoms with Gasteiger partial charge in [-0.1, -0.05) is 36.4 Å². The third-order valence-electron chi connectivity index (χ3n) is 5.91. The molecule has 11 heteroatoms. The predicted octanol–water partition coefficient (Wildman–Crippen LogP) is 4.36. The number of hydrogen-bond acceptors (Lipinski definition) is 6. The lowest BCUT2D eigenvalue weighted by Crippen LogP contribution is -2.20. The number of sulfonamides is 1. The van der Waals surface area contributed by atoms with Crippen LogP contribution >= 0.6 is 0 Å². The summed E-state index contributed by atoms with van der Waals surface area (Å²) in [5, 5.41) is 0. The molecular formula is C26H22F2N4O4S. The van der Waals surface area contributed by atoms with E-state index in [9.17, 15) is 17.2 Å². The second kappa shape index (κ2) is 10.1. The van der Waals surface area contributed by atoms with Gasteiger partial charge < -0.3 is 19.6 Å². The molecule has 4 aromatic rings. The molecule has 0 aliphatic carbocycles. The first-order chi connectivity index (χ1) is 17.9. The molecule has 0 bridgehead atoms. The zero-order valence-corrected chi connectivity index (χ0v) is 20.2. The molecule has 1 atom stereocenters. The van der Waals surface area contributed by atoms with Crippen LogP contribution in [0.1, 0.15) is 28.6 Å².